The molecule has 12 heteroatoms. The Morgan fingerprint density at radius 2 is 1.59 bits per heavy atom. The van der Waals surface area contributed by atoms with Crippen LogP contribution in [0, 0.1) is 10.1 Å². The topological polar surface area (TPSA) is 119 Å². The van der Waals surface area contributed by atoms with E-state index in [1.807, 2.05) is 0 Å². The number of nitrogens with zero attached hydrogens (tertiary/aromatic N) is 6. The Balaban J connectivity index is 1.72. The van der Waals surface area contributed by atoms with Crippen molar-refractivity contribution < 1.29 is 4.92 Å². The van der Waals surface area contributed by atoms with Crippen LogP contribution in [0.2, 0.25) is 15.6 Å². The Kier molecular flexibility index (Phi) is 5.75. The van der Waals surface area contributed by atoms with E-state index in [4.69, 9.17) is 34.8 Å². The summed E-state index contributed by atoms with van der Waals surface area (Å²) in [5.41, 5.74) is 1.41. The van der Waals surface area contributed by atoms with Crippen molar-refractivity contribution in [2.75, 3.05) is 5.32 Å². The largest absolute Gasteiger partial charge is 0.324 e. The van der Waals surface area contributed by atoms with Gasteiger partial charge in [0, 0.05) is 17.8 Å². The minimum Gasteiger partial charge on any atom is -0.324 e. The van der Waals surface area contributed by atoms with Crippen LogP contribution in [-0.4, -0.2) is 19.9 Å². The van der Waals surface area contributed by atoms with Crippen molar-refractivity contribution in [3.63, 3.8) is 0 Å². The number of hydrogen-bond acceptors (Lipinski definition) is 8. The van der Waals surface area contributed by atoms with Crippen LogP contribution in [0.15, 0.2) is 52.7 Å². The third kappa shape index (κ3) is 5.07. The Hall–Kier alpha value is -2.88. The number of non-ortho nitro benzene ring substituents is 1. The number of azo groups is 1. The summed E-state index contributed by atoms with van der Waals surface area (Å²) in [6.45, 7) is 0. The second-order valence-corrected chi connectivity index (χ2v) is 6.05. The fraction of sp³-hybridized carbons (Fsp3) is 0. The first-order valence-electron chi connectivity index (χ1n) is 7.20. The highest BCUT2D eigenvalue weighted by molar-refractivity contribution is 6.33. The molecular formula is C15H8Cl3N7O2. The van der Waals surface area contributed by atoms with Crippen molar-refractivity contribution >= 4 is 63.5 Å². The van der Waals surface area contributed by atoms with Crippen LogP contribution in [0.3, 0.4) is 0 Å². The van der Waals surface area contributed by atoms with Gasteiger partial charge in [0.1, 0.15) is 5.69 Å². The van der Waals surface area contributed by atoms with Gasteiger partial charge in [-0.2, -0.15) is 20.1 Å². The summed E-state index contributed by atoms with van der Waals surface area (Å²) in [5.74, 6) is 0.201. The number of halogens is 3. The lowest BCUT2D eigenvalue weighted by molar-refractivity contribution is -0.384. The molecule has 0 radical (unpaired) electrons. The third-order valence-electron chi connectivity index (χ3n) is 3.12. The molecule has 0 atom stereocenters. The van der Waals surface area contributed by atoms with Gasteiger partial charge in [0.15, 0.2) is 0 Å². The van der Waals surface area contributed by atoms with Crippen LogP contribution in [0.4, 0.5) is 28.7 Å². The molecule has 0 saturated heterocycles. The molecule has 0 saturated carbocycles. The second kappa shape index (κ2) is 8.21. The number of aromatic nitrogens is 3. The Labute approximate surface area is 167 Å². The van der Waals surface area contributed by atoms with Crippen molar-refractivity contribution in [1.82, 2.24) is 15.0 Å². The molecule has 0 amide bonds. The van der Waals surface area contributed by atoms with Gasteiger partial charge < -0.3 is 5.32 Å². The maximum atomic E-state index is 10.7. The highest BCUT2D eigenvalue weighted by Crippen LogP contribution is 2.30. The standard InChI is InChI=1S/C15H8Cl3N7O2/c16-11-7-10(25(26)27)5-6-12(11)24-23-9-3-1-8(2-4-9)19-15-21-13(17)20-14(18)22-15/h1-7H,(H,19,20,21,22). The van der Waals surface area contributed by atoms with Crippen molar-refractivity contribution in [3.05, 3.63) is 68.2 Å². The van der Waals surface area contributed by atoms with E-state index in [9.17, 15) is 10.1 Å². The van der Waals surface area contributed by atoms with E-state index in [1.165, 1.54) is 18.2 Å². The molecule has 1 aromatic heterocycles. The minimum absolute atomic E-state index is 0.0251. The molecule has 27 heavy (non-hydrogen) atoms. The summed E-state index contributed by atoms with van der Waals surface area (Å²) in [5, 5.41) is 21.8. The van der Waals surface area contributed by atoms with Gasteiger partial charge in [0.05, 0.1) is 15.6 Å². The number of benzene rings is 2. The first-order valence-corrected chi connectivity index (χ1v) is 8.34. The summed E-state index contributed by atoms with van der Waals surface area (Å²) >= 11 is 17.4. The maximum Gasteiger partial charge on any atom is 0.271 e. The molecule has 2 aromatic carbocycles. The molecule has 0 bridgehead atoms. The van der Waals surface area contributed by atoms with E-state index in [0.717, 1.165) is 0 Å². The zero-order valence-corrected chi connectivity index (χ0v) is 15.4. The van der Waals surface area contributed by atoms with Gasteiger partial charge in [-0.1, -0.05) is 11.6 Å². The Bertz CT molecular complexity index is 1010. The summed E-state index contributed by atoms with van der Waals surface area (Å²) < 4.78 is 0. The first-order chi connectivity index (χ1) is 12.9. The molecule has 3 rings (SSSR count). The fourth-order valence-corrected chi connectivity index (χ4v) is 2.50. The number of nitrogens with one attached hydrogen (secondary N) is 1. The van der Waals surface area contributed by atoms with Crippen molar-refractivity contribution in [2.24, 2.45) is 10.2 Å². The molecule has 0 spiro atoms. The second-order valence-electron chi connectivity index (χ2n) is 4.96. The van der Waals surface area contributed by atoms with E-state index < -0.39 is 4.92 Å². The molecule has 0 aliphatic carbocycles. The van der Waals surface area contributed by atoms with Crippen molar-refractivity contribution in [2.45, 2.75) is 0 Å². The predicted octanol–water partition coefficient (Wildman–Crippen LogP) is 5.90. The number of nitro benzene ring substituents is 1. The van der Waals surface area contributed by atoms with Gasteiger partial charge in [0.2, 0.25) is 16.5 Å². The molecule has 0 unspecified atom stereocenters. The van der Waals surface area contributed by atoms with Crippen LogP contribution in [0.25, 0.3) is 0 Å². The van der Waals surface area contributed by atoms with Gasteiger partial charge in [0.25, 0.3) is 5.69 Å². The normalized spacial score (nSPS) is 10.9. The van der Waals surface area contributed by atoms with E-state index >= 15 is 0 Å². The molecule has 9 nitrogen and oxygen atoms in total. The maximum absolute atomic E-state index is 10.7. The zero-order valence-electron chi connectivity index (χ0n) is 13.2. The van der Waals surface area contributed by atoms with E-state index in [2.05, 4.69) is 30.5 Å². The highest BCUT2D eigenvalue weighted by atomic mass is 35.5. The van der Waals surface area contributed by atoms with Crippen LogP contribution in [0.1, 0.15) is 0 Å². The van der Waals surface area contributed by atoms with Gasteiger partial charge in [-0.3, -0.25) is 10.1 Å². The molecular weight excluding hydrogens is 417 g/mol. The molecule has 0 aliphatic heterocycles. The van der Waals surface area contributed by atoms with Gasteiger partial charge >= 0.3 is 0 Å². The zero-order chi connectivity index (χ0) is 19.4. The average molecular weight is 425 g/mol. The number of hydrogen-bond donors (Lipinski definition) is 1. The molecule has 1 heterocycles. The minimum atomic E-state index is -0.536. The van der Waals surface area contributed by atoms with E-state index in [0.29, 0.717) is 17.1 Å². The number of anilines is 2. The van der Waals surface area contributed by atoms with Gasteiger partial charge in [-0.15, -0.1) is 5.11 Å². The fourth-order valence-electron chi connectivity index (χ4n) is 1.92. The van der Waals surface area contributed by atoms with Gasteiger partial charge in [-0.05, 0) is 53.5 Å². The first kappa shape index (κ1) is 18.9. The van der Waals surface area contributed by atoms with Crippen LogP contribution < -0.4 is 5.32 Å². The molecule has 1 N–H and O–H groups in total. The average Bonchev–Trinajstić information content (AvgIpc) is 2.61. The summed E-state index contributed by atoms with van der Waals surface area (Å²) in [4.78, 5) is 21.6. The van der Waals surface area contributed by atoms with Crippen LogP contribution in [-0.2, 0) is 0 Å². The van der Waals surface area contributed by atoms with Crippen molar-refractivity contribution in [3.8, 4) is 0 Å². The lowest BCUT2D eigenvalue weighted by atomic mass is 10.3. The number of rotatable bonds is 5. The molecule has 0 fully saturated rings. The predicted molar refractivity (Wildman–Crippen MR) is 102 cm³/mol. The van der Waals surface area contributed by atoms with Gasteiger partial charge in [-0.25, -0.2) is 0 Å². The molecule has 3 aromatic rings. The van der Waals surface area contributed by atoms with E-state index in [1.54, 1.807) is 24.3 Å². The monoisotopic (exact) mass is 423 g/mol. The SMILES string of the molecule is O=[N+]([O-])c1ccc(N=Nc2ccc(Nc3nc(Cl)nc(Cl)n3)cc2)c(Cl)c1. The highest BCUT2D eigenvalue weighted by Gasteiger charge is 2.09. The molecule has 0 aliphatic rings. The summed E-state index contributed by atoms with van der Waals surface area (Å²) in [6, 6.07) is 10.8. The summed E-state index contributed by atoms with van der Waals surface area (Å²) in [7, 11) is 0. The third-order valence-corrected chi connectivity index (χ3v) is 3.76. The van der Waals surface area contributed by atoms with Crippen molar-refractivity contribution in [1.29, 1.82) is 0 Å². The van der Waals surface area contributed by atoms with Crippen LogP contribution >= 0.6 is 34.8 Å². The Morgan fingerprint density at radius 3 is 2.19 bits per heavy atom. The van der Waals surface area contributed by atoms with Crippen LogP contribution in [0.5, 0.6) is 0 Å². The quantitative estimate of drug-likeness (QED) is 0.309. The lowest BCUT2D eigenvalue weighted by Gasteiger charge is -2.05. The van der Waals surface area contributed by atoms with E-state index in [-0.39, 0.29) is 27.2 Å². The molecule has 136 valence electrons. The number of nitro groups is 1. The Morgan fingerprint density at radius 1 is 0.926 bits per heavy atom. The smallest absolute Gasteiger partial charge is 0.271 e. The summed E-state index contributed by atoms with van der Waals surface area (Å²) in [6.07, 6.45) is 0. The lowest BCUT2D eigenvalue weighted by Crippen LogP contribution is -1.99.